The topological polar surface area (TPSA) is 64.5 Å². The zero-order valence-electron chi connectivity index (χ0n) is 14.1. The molecule has 0 aromatic heterocycles. The van der Waals surface area contributed by atoms with Crippen LogP contribution in [0, 0.1) is 0 Å². The van der Waals surface area contributed by atoms with Crippen LogP contribution in [-0.4, -0.2) is 47.6 Å². The molecule has 0 heterocycles. The zero-order valence-corrected chi connectivity index (χ0v) is 14.1. The molecule has 0 bridgehead atoms. The van der Waals surface area contributed by atoms with E-state index >= 15 is 0 Å². The average molecular weight is 300 g/mol. The molecule has 0 aromatic rings. The number of rotatable bonds is 10. The number of hydrogen-bond donors (Lipinski definition) is 4. The van der Waals surface area contributed by atoms with Gasteiger partial charge in [0.2, 0.25) is 0 Å². The first-order valence-electron chi connectivity index (χ1n) is 8.80. The maximum atomic E-state index is 10.1. The van der Waals surface area contributed by atoms with Crippen molar-refractivity contribution < 1.29 is 10.2 Å². The second-order valence-electron chi connectivity index (χ2n) is 6.94. The molecule has 4 N–H and O–H groups in total. The molecule has 126 valence electrons. The van der Waals surface area contributed by atoms with Crippen LogP contribution in [0.15, 0.2) is 0 Å². The van der Waals surface area contributed by atoms with E-state index in [0.717, 1.165) is 25.7 Å². The van der Waals surface area contributed by atoms with E-state index in [0.29, 0.717) is 18.1 Å². The van der Waals surface area contributed by atoms with Crippen molar-refractivity contribution >= 4 is 0 Å². The lowest BCUT2D eigenvalue weighted by atomic mass is 9.93. The summed E-state index contributed by atoms with van der Waals surface area (Å²) in [4.78, 5) is 0. The molecule has 1 fully saturated rings. The number of aliphatic hydroxyl groups excluding tert-OH is 2. The highest BCUT2D eigenvalue weighted by molar-refractivity contribution is 4.80. The Kier molecular flexibility index (Phi) is 9.49. The van der Waals surface area contributed by atoms with Gasteiger partial charge < -0.3 is 20.8 Å². The van der Waals surface area contributed by atoms with Crippen molar-refractivity contribution in [3.8, 4) is 0 Å². The van der Waals surface area contributed by atoms with E-state index in [1.165, 1.54) is 32.1 Å². The highest BCUT2D eigenvalue weighted by Crippen LogP contribution is 2.20. The van der Waals surface area contributed by atoms with E-state index in [-0.39, 0.29) is 12.2 Å². The molecule has 21 heavy (non-hydrogen) atoms. The molecule has 4 unspecified atom stereocenters. The van der Waals surface area contributed by atoms with Crippen molar-refractivity contribution in [1.82, 2.24) is 10.6 Å². The van der Waals surface area contributed by atoms with Crippen molar-refractivity contribution in [1.29, 1.82) is 0 Å². The van der Waals surface area contributed by atoms with Crippen molar-refractivity contribution in [3.63, 3.8) is 0 Å². The lowest BCUT2D eigenvalue weighted by Crippen LogP contribution is -2.41. The number of aliphatic hydroxyl groups is 2. The first-order chi connectivity index (χ1) is 10.0. The minimum Gasteiger partial charge on any atom is -0.393 e. The molecule has 0 saturated heterocycles. The summed E-state index contributed by atoms with van der Waals surface area (Å²) < 4.78 is 0. The second-order valence-corrected chi connectivity index (χ2v) is 6.94. The zero-order chi connectivity index (χ0) is 15.7. The summed E-state index contributed by atoms with van der Waals surface area (Å²) in [5.74, 6) is 0. The second kappa shape index (κ2) is 10.5. The van der Waals surface area contributed by atoms with Crippen LogP contribution in [0.1, 0.15) is 71.6 Å². The monoisotopic (exact) mass is 300 g/mol. The molecular weight excluding hydrogens is 264 g/mol. The largest absolute Gasteiger partial charge is 0.393 e. The van der Waals surface area contributed by atoms with Gasteiger partial charge in [-0.05, 0) is 59.4 Å². The molecule has 0 radical (unpaired) electrons. The molecule has 4 nitrogen and oxygen atoms in total. The fourth-order valence-electron chi connectivity index (χ4n) is 3.32. The van der Waals surface area contributed by atoms with Crippen LogP contribution < -0.4 is 10.6 Å². The van der Waals surface area contributed by atoms with Crippen LogP contribution >= 0.6 is 0 Å². The first kappa shape index (κ1) is 18.9. The Morgan fingerprint density at radius 3 is 2.24 bits per heavy atom. The highest BCUT2D eigenvalue weighted by Gasteiger charge is 2.20. The summed E-state index contributed by atoms with van der Waals surface area (Å²) in [5.41, 5.74) is 0. The fourth-order valence-corrected chi connectivity index (χ4v) is 3.32. The summed E-state index contributed by atoms with van der Waals surface area (Å²) in [5, 5.41) is 26.7. The summed E-state index contributed by atoms with van der Waals surface area (Å²) in [7, 11) is 1.93. The van der Waals surface area contributed by atoms with Crippen LogP contribution in [-0.2, 0) is 0 Å². The predicted molar refractivity (Wildman–Crippen MR) is 88.5 cm³/mol. The Bertz CT molecular complexity index is 255. The average Bonchev–Trinajstić information content (AvgIpc) is 2.45. The number of hydrogen-bond acceptors (Lipinski definition) is 4. The van der Waals surface area contributed by atoms with Crippen LogP contribution in [0.2, 0.25) is 0 Å². The number of nitrogens with one attached hydrogen (secondary N) is 2. The van der Waals surface area contributed by atoms with E-state index in [9.17, 15) is 10.2 Å². The first-order valence-corrected chi connectivity index (χ1v) is 8.80. The van der Waals surface area contributed by atoms with Crippen molar-refractivity contribution in [3.05, 3.63) is 0 Å². The Morgan fingerprint density at radius 2 is 1.67 bits per heavy atom. The standard InChI is InChI=1S/C17H36N2O2/c1-13(18-3)11-17(21)10-9-16(12-14(2)20)19-15-7-5-4-6-8-15/h13-21H,4-12H2,1-3H3. The van der Waals surface area contributed by atoms with Crippen LogP contribution in [0.3, 0.4) is 0 Å². The molecule has 0 spiro atoms. The SMILES string of the molecule is CNC(C)CC(O)CCC(CC(C)O)NC1CCCCC1. The Labute approximate surface area is 130 Å². The van der Waals surface area contributed by atoms with Gasteiger partial charge in [-0.1, -0.05) is 19.3 Å². The van der Waals surface area contributed by atoms with Crippen LogP contribution in [0.25, 0.3) is 0 Å². The van der Waals surface area contributed by atoms with Crippen molar-refractivity contribution in [2.24, 2.45) is 0 Å². The molecule has 0 amide bonds. The Balaban J connectivity index is 2.34. The smallest absolute Gasteiger partial charge is 0.0555 e. The van der Waals surface area contributed by atoms with Gasteiger partial charge in [0.25, 0.3) is 0 Å². The fraction of sp³-hybridized carbons (Fsp3) is 1.00. The molecule has 1 saturated carbocycles. The molecule has 1 rings (SSSR count). The van der Waals surface area contributed by atoms with Gasteiger partial charge in [-0.15, -0.1) is 0 Å². The van der Waals surface area contributed by atoms with Gasteiger partial charge in [0.05, 0.1) is 12.2 Å². The van der Waals surface area contributed by atoms with Gasteiger partial charge in [-0.25, -0.2) is 0 Å². The van der Waals surface area contributed by atoms with Gasteiger partial charge in [0.15, 0.2) is 0 Å². The van der Waals surface area contributed by atoms with Gasteiger partial charge in [0, 0.05) is 18.1 Å². The Morgan fingerprint density at radius 1 is 1.00 bits per heavy atom. The highest BCUT2D eigenvalue weighted by atomic mass is 16.3. The van der Waals surface area contributed by atoms with E-state index in [1.807, 2.05) is 14.0 Å². The lowest BCUT2D eigenvalue weighted by molar-refractivity contribution is 0.122. The van der Waals surface area contributed by atoms with Crippen molar-refractivity contribution in [2.75, 3.05) is 7.05 Å². The third kappa shape index (κ3) is 8.77. The Hall–Kier alpha value is -0.160. The summed E-state index contributed by atoms with van der Waals surface area (Å²) >= 11 is 0. The maximum Gasteiger partial charge on any atom is 0.0555 e. The summed E-state index contributed by atoms with van der Waals surface area (Å²) in [6.45, 7) is 3.95. The molecule has 0 aliphatic heterocycles. The lowest BCUT2D eigenvalue weighted by Gasteiger charge is -2.30. The molecule has 4 atom stereocenters. The van der Waals surface area contributed by atoms with E-state index in [2.05, 4.69) is 17.6 Å². The third-order valence-corrected chi connectivity index (χ3v) is 4.67. The molecule has 1 aliphatic carbocycles. The van der Waals surface area contributed by atoms with Gasteiger partial charge in [0.1, 0.15) is 0 Å². The van der Waals surface area contributed by atoms with Gasteiger partial charge in [-0.3, -0.25) is 0 Å². The molecule has 4 heteroatoms. The minimum absolute atomic E-state index is 0.253. The maximum absolute atomic E-state index is 10.1. The molecular formula is C17H36N2O2. The van der Waals surface area contributed by atoms with Gasteiger partial charge in [-0.2, -0.15) is 0 Å². The van der Waals surface area contributed by atoms with E-state index in [4.69, 9.17) is 0 Å². The van der Waals surface area contributed by atoms with E-state index < -0.39 is 0 Å². The predicted octanol–water partition coefficient (Wildman–Crippen LogP) is 2.19. The minimum atomic E-state index is -0.278. The summed E-state index contributed by atoms with van der Waals surface area (Å²) in [6.07, 6.45) is 9.32. The molecule has 1 aliphatic rings. The summed E-state index contributed by atoms with van der Waals surface area (Å²) in [6, 6.07) is 1.28. The van der Waals surface area contributed by atoms with Crippen molar-refractivity contribution in [2.45, 2.75) is 102 Å². The van der Waals surface area contributed by atoms with E-state index in [1.54, 1.807) is 0 Å². The third-order valence-electron chi connectivity index (χ3n) is 4.67. The van der Waals surface area contributed by atoms with Crippen LogP contribution in [0.4, 0.5) is 0 Å². The van der Waals surface area contributed by atoms with Crippen LogP contribution in [0.5, 0.6) is 0 Å². The van der Waals surface area contributed by atoms with Gasteiger partial charge >= 0.3 is 0 Å². The molecule has 0 aromatic carbocycles. The quantitative estimate of drug-likeness (QED) is 0.499. The normalized spacial score (nSPS) is 22.7.